The second-order valence-electron chi connectivity index (χ2n) is 6.24. The molecule has 0 saturated carbocycles. The quantitative estimate of drug-likeness (QED) is 0.486. The highest BCUT2D eigenvalue weighted by Gasteiger charge is 2.15. The number of carbonyl (C=O) groups is 2. The summed E-state index contributed by atoms with van der Waals surface area (Å²) in [5.74, 6) is -0.616. The Morgan fingerprint density at radius 1 is 0.900 bits per heavy atom. The first-order valence-corrected chi connectivity index (χ1v) is 8.99. The van der Waals surface area contributed by atoms with E-state index < -0.39 is 0 Å². The molecule has 0 fully saturated rings. The monoisotopic (exact) mass is 466 g/mol. The molecule has 0 bridgehead atoms. The van der Waals surface area contributed by atoms with Gasteiger partial charge in [-0.2, -0.15) is 0 Å². The molecule has 3 rings (SSSR count). The lowest BCUT2D eigenvalue weighted by Crippen LogP contribution is -2.18. The maximum atomic E-state index is 12.6. The molecule has 2 aromatic carbocycles. The normalized spacial score (nSPS) is 10.8. The molecular formula is C21H21Cl3N4O2. The zero-order chi connectivity index (χ0) is 20.1. The predicted octanol–water partition coefficient (Wildman–Crippen LogP) is 5.10. The van der Waals surface area contributed by atoms with Gasteiger partial charge in [0.2, 0.25) is 0 Å². The number of anilines is 2. The van der Waals surface area contributed by atoms with E-state index in [2.05, 4.69) is 15.6 Å². The van der Waals surface area contributed by atoms with E-state index in [0.717, 1.165) is 5.56 Å². The fourth-order valence-electron chi connectivity index (χ4n) is 2.64. The van der Waals surface area contributed by atoms with Crippen LogP contribution in [0.5, 0.6) is 0 Å². The van der Waals surface area contributed by atoms with Gasteiger partial charge in [-0.15, -0.1) is 24.8 Å². The number of carbonyl (C=O) groups excluding carboxylic acids is 2. The van der Waals surface area contributed by atoms with Crippen LogP contribution in [0.2, 0.25) is 5.02 Å². The third kappa shape index (κ3) is 6.43. The van der Waals surface area contributed by atoms with Crippen LogP contribution in [0.3, 0.4) is 0 Å². The van der Waals surface area contributed by atoms with Crippen LogP contribution < -0.4 is 16.4 Å². The number of pyridine rings is 1. The molecule has 6 nitrogen and oxygen atoms in total. The molecule has 0 aliphatic carbocycles. The summed E-state index contributed by atoms with van der Waals surface area (Å²) in [6, 6.07) is 14.6. The average molecular weight is 468 g/mol. The molecule has 0 saturated heterocycles. The van der Waals surface area contributed by atoms with E-state index in [4.69, 9.17) is 17.3 Å². The molecule has 3 aromatic rings. The maximum absolute atomic E-state index is 12.6. The molecule has 158 valence electrons. The lowest BCUT2D eigenvalue weighted by Gasteiger charge is -2.16. The first-order chi connectivity index (χ1) is 13.4. The number of hydrogen-bond acceptors (Lipinski definition) is 4. The van der Waals surface area contributed by atoms with Gasteiger partial charge in [-0.3, -0.25) is 14.6 Å². The van der Waals surface area contributed by atoms with E-state index >= 15 is 0 Å². The van der Waals surface area contributed by atoms with Gasteiger partial charge in [0.1, 0.15) is 0 Å². The van der Waals surface area contributed by atoms with Gasteiger partial charge in [0.25, 0.3) is 11.8 Å². The lowest BCUT2D eigenvalue weighted by molar-refractivity contribution is 0.101. The number of halogens is 3. The molecule has 0 radical (unpaired) electrons. The molecule has 1 unspecified atom stereocenters. The second kappa shape index (κ2) is 11.5. The van der Waals surface area contributed by atoms with Crippen LogP contribution in [0.15, 0.2) is 67.0 Å². The van der Waals surface area contributed by atoms with Crippen LogP contribution in [0.4, 0.5) is 11.4 Å². The number of nitrogens with one attached hydrogen (secondary N) is 2. The predicted molar refractivity (Wildman–Crippen MR) is 125 cm³/mol. The minimum absolute atomic E-state index is 0. The molecule has 30 heavy (non-hydrogen) atoms. The van der Waals surface area contributed by atoms with Crippen molar-refractivity contribution >= 4 is 59.6 Å². The van der Waals surface area contributed by atoms with Gasteiger partial charge in [-0.1, -0.05) is 17.7 Å². The van der Waals surface area contributed by atoms with Gasteiger partial charge in [0.15, 0.2) is 0 Å². The van der Waals surface area contributed by atoms with Crippen molar-refractivity contribution in [3.05, 3.63) is 88.7 Å². The van der Waals surface area contributed by atoms with Crippen LogP contribution in [0.25, 0.3) is 0 Å². The summed E-state index contributed by atoms with van der Waals surface area (Å²) in [5.41, 5.74) is 8.71. The number of amides is 2. The van der Waals surface area contributed by atoms with Crippen LogP contribution in [-0.2, 0) is 0 Å². The topological polar surface area (TPSA) is 97.1 Å². The van der Waals surface area contributed by atoms with Crippen molar-refractivity contribution in [3.63, 3.8) is 0 Å². The Bertz CT molecular complexity index is 997. The zero-order valence-corrected chi connectivity index (χ0v) is 18.4. The molecule has 2 amide bonds. The standard InChI is InChI=1S/C21H19ClN4O2.2ClH/c1-13(23)18-7-4-15(21(28)25-17-8-10-24-11-9-17)12-19(18)26-20(27)14-2-5-16(22)6-3-14;;/h2-13H,23H2,1H3,(H,26,27)(H,24,25,28);2*1H. The van der Waals surface area contributed by atoms with Gasteiger partial charge in [0.05, 0.1) is 0 Å². The van der Waals surface area contributed by atoms with Crippen LogP contribution >= 0.6 is 36.4 Å². The number of benzene rings is 2. The summed E-state index contributed by atoms with van der Waals surface area (Å²) in [5, 5.41) is 6.17. The van der Waals surface area contributed by atoms with Gasteiger partial charge in [0, 0.05) is 46.0 Å². The molecule has 4 N–H and O–H groups in total. The number of nitrogens with two attached hydrogens (primary N) is 1. The van der Waals surface area contributed by atoms with Crippen LogP contribution in [0, 0.1) is 0 Å². The summed E-state index contributed by atoms with van der Waals surface area (Å²) in [7, 11) is 0. The van der Waals surface area contributed by atoms with E-state index in [1.54, 1.807) is 67.0 Å². The molecule has 1 aromatic heterocycles. The third-order valence-electron chi connectivity index (χ3n) is 4.10. The summed E-state index contributed by atoms with van der Waals surface area (Å²) >= 11 is 5.87. The minimum Gasteiger partial charge on any atom is -0.324 e. The smallest absolute Gasteiger partial charge is 0.255 e. The van der Waals surface area contributed by atoms with E-state index in [0.29, 0.717) is 27.5 Å². The van der Waals surface area contributed by atoms with Crippen molar-refractivity contribution in [2.75, 3.05) is 10.6 Å². The molecule has 0 aliphatic rings. The summed E-state index contributed by atoms with van der Waals surface area (Å²) in [6.07, 6.45) is 3.18. The van der Waals surface area contributed by atoms with Crippen LogP contribution in [0.1, 0.15) is 39.2 Å². The Labute approximate surface area is 192 Å². The highest BCUT2D eigenvalue weighted by Crippen LogP contribution is 2.24. The van der Waals surface area contributed by atoms with Crippen molar-refractivity contribution < 1.29 is 9.59 Å². The lowest BCUT2D eigenvalue weighted by atomic mass is 10.0. The van der Waals surface area contributed by atoms with E-state index in [1.807, 2.05) is 6.92 Å². The molecule has 1 heterocycles. The van der Waals surface area contributed by atoms with Crippen molar-refractivity contribution in [1.82, 2.24) is 4.98 Å². The molecule has 1 atom stereocenters. The Kier molecular flexibility index (Phi) is 9.75. The van der Waals surface area contributed by atoms with Gasteiger partial charge in [-0.05, 0) is 61.0 Å². The fraction of sp³-hybridized carbons (Fsp3) is 0.0952. The number of rotatable bonds is 5. The highest BCUT2D eigenvalue weighted by atomic mass is 35.5. The number of aromatic nitrogens is 1. The van der Waals surface area contributed by atoms with Crippen molar-refractivity contribution in [3.8, 4) is 0 Å². The molecular weight excluding hydrogens is 447 g/mol. The number of nitrogens with zero attached hydrogens (tertiary/aromatic N) is 1. The molecule has 0 aliphatic heterocycles. The molecule has 0 spiro atoms. The first-order valence-electron chi connectivity index (χ1n) is 8.62. The van der Waals surface area contributed by atoms with Gasteiger partial charge in [-0.25, -0.2) is 0 Å². The van der Waals surface area contributed by atoms with Gasteiger partial charge < -0.3 is 16.4 Å². The Hall–Kier alpha value is -2.64. The Morgan fingerprint density at radius 3 is 2.07 bits per heavy atom. The van der Waals surface area contributed by atoms with Crippen molar-refractivity contribution in [2.24, 2.45) is 5.73 Å². The van der Waals surface area contributed by atoms with Crippen LogP contribution in [-0.4, -0.2) is 16.8 Å². The fourth-order valence-corrected chi connectivity index (χ4v) is 2.76. The first kappa shape index (κ1) is 25.4. The highest BCUT2D eigenvalue weighted by molar-refractivity contribution is 6.30. The largest absolute Gasteiger partial charge is 0.324 e. The van der Waals surface area contributed by atoms with Crippen molar-refractivity contribution in [2.45, 2.75) is 13.0 Å². The Balaban J connectivity index is 0.00000225. The SMILES string of the molecule is CC(N)c1ccc(C(=O)Nc2ccncc2)cc1NC(=O)c1ccc(Cl)cc1.Cl.Cl. The minimum atomic E-state index is -0.321. The second-order valence-corrected chi connectivity index (χ2v) is 6.68. The summed E-state index contributed by atoms with van der Waals surface area (Å²) in [4.78, 5) is 29.0. The Morgan fingerprint density at radius 2 is 1.47 bits per heavy atom. The van der Waals surface area contributed by atoms with Crippen molar-refractivity contribution in [1.29, 1.82) is 0 Å². The zero-order valence-electron chi connectivity index (χ0n) is 16.0. The number of hydrogen-bond donors (Lipinski definition) is 3. The summed E-state index contributed by atoms with van der Waals surface area (Å²) in [6.45, 7) is 1.81. The van der Waals surface area contributed by atoms with E-state index in [9.17, 15) is 9.59 Å². The van der Waals surface area contributed by atoms with Gasteiger partial charge >= 0.3 is 0 Å². The van der Waals surface area contributed by atoms with E-state index in [-0.39, 0.29) is 42.7 Å². The average Bonchev–Trinajstić information content (AvgIpc) is 2.69. The summed E-state index contributed by atoms with van der Waals surface area (Å²) < 4.78 is 0. The maximum Gasteiger partial charge on any atom is 0.255 e. The third-order valence-corrected chi connectivity index (χ3v) is 4.35. The van der Waals surface area contributed by atoms with E-state index in [1.165, 1.54) is 0 Å². The molecule has 9 heteroatoms.